The van der Waals surface area contributed by atoms with Gasteiger partial charge in [-0.1, -0.05) is 13.0 Å². The molecule has 1 aromatic carbocycles. The summed E-state index contributed by atoms with van der Waals surface area (Å²) in [4.78, 5) is 4.45. The lowest BCUT2D eigenvalue weighted by Crippen LogP contribution is -2.05. The highest BCUT2D eigenvalue weighted by Crippen LogP contribution is 2.27. The average molecular weight is 285 g/mol. The highest BCUT2D eigenvalue weighted by Gasteiger charge is 2.12. The number of hydrogen-bond acceptors (Lipinski definition) is 4. The number of hydrogen-bond donors (Lipinski definition) is 1. The van der Waals surface area contributed by atoms with Gasteiger partial charge in [0.05, 0.1) is 18.4 Å². The van der Waals surface area contributed by atoms with E-state index < -0.39 is 0 Å². The van der Waals surface area contributed by atoms with E-state index in [1.165, 1.54) is 0 Å². The van der Waals surface area contributed by atoms with Crippen molar-refractivity contribution in [3.8, 4) is 5.75 Å². The zero-order chi connectivity index (χ0) is 14.7. The Balaban J connectivity index is 1.89. The van der Waals surface area contributed by atoms with E-state index in [4.69, 9.17) is 14.9 Å². The van der Waals surface area contributed by atoms with Gasteiger partial charge in [0.25, 0.3) is 0 Å². The maximum Gasteiger partial charge on any atom is 0.201 e. The summed E-state index contributed by atoms with van der Waals surface area (Å²) >= 11 is 0. The van der Waals surface area contributed by atoms with Gasteiger partial charge in [0.15, 0.2) is 0 Å². The number of anilines is 1. The van der Waals surface area contributed by atoms with Gasteiger partial charge in [-0.05, 0) is 30.7 Å². The lowest BCUT2D eigenvalue weighted by atomic mass is 10.2. The van der Waals surface area contributed by atoms with Gasteiger partial charge < -0.3 is 19.5 Å². The van der Waals surface area contributed by atoms with Gasteiger partial charge in [-0.25, -0.2) is 4.98 Å². The minimum absolute atomic E-state index is 0.504. The van der Waals surface area contributed by atoms with Crippen LogP contribution in [-0.4, -0.2) is 16.2 Å². The molecule has 2 N–H and O–H groups in total. The van der Waals surface area contributed by atoms with Crippen molar-refractivity contribution >= 4 is 17.0 Å². The van der Waals surface area contributed by atoms with Crippen LogP contribution in [0, 0.1) is 0 Å². The Morgan fingerprint density at radius 1 is 1.29 bits per heavy atom. The van der Waals surface area contributed by atoms with E-state index in [2.05, 4.69) is 11.9 Å². The van der Waals surface area contributed by atoms with E-state index in [0.717, 1.165) is 41.9 Å². The Morgan fingerprint density at radius 3 is 2.95 bits per heavy atom. The number of para-hydroxylation sites is 1. The molecule has 3 rings (SSSR count). The third-order valence-corrected chi connectivity index (χ3v) is 3.40. The molecule has 3 aromatic rings. The van der Waals surface area contributed by atoms with E-state index in [0.29, 0.717) is 12.6 Å². The van der Waals surface area contributed by atoms with Crippen molar-refractivity contribution in [2.75, 3.05) is 12.3 Å². The SMILES string of the molecule is CCCOc1cccc2c1nc(N)n2CCc1ccco1. The molecule has 0 aliphatic heterocycles. The van der Waals surface area contributed by atoms with Crippen LogP contribution in [0.1, 0.15) is 19.1 Å². The third kappa shape index (κ3) is 2.72. The van der Waals surface area contributed by atoms with Crippen LogP contribution in [0.25, 0.3) is 11.0 Å². The molecular formula is C16H19N3O2. The minimum atomic E-state index is 0.504. The molecule has 0 radical (unpaired) electrons. The van der Waals surface area contributed by atoms with Gasteiger partial charge in [-0.3, -0.25) is 0 Å². The second-order valence-corrected chi connectivity index (χ2v) is 4.92. The van der Waals surface area contributed by atoms with E-state index in [1.54, 1.807) is 6.26 Å². The molecule has 2 heterocycles. The Labute approximate surface area is 123 Å². The normalized spacial score (nSPS) is 11.1. The van der Waals surface area contributed by atoms with Crippen LogP contribution in [0.3, 0.4) is 0 Å². The van der Waals surface area contributed by atoms with Crippen molar-refractivity contribution in [1.82, 2.24) is 9.55 Å². The summed E-state index contributed by atoms with van der Waals surface area (Å²) < 4.78 is 13.1. The van der Waals surface area contributed by atoms with Crippen molar-refractivity contribution in [2.45, 2.75) is 26.3 Å². The highest BCUT2D eigenvalue weighted by molar-refractivity contribution is 5.84. The molecule has 0 saturated carbocycles. The number of fused-ring (bicyclic) bond motifs is 1. The number of nitrogen functional groups attached to an aromatic ring is 1. The second kappa shape index (κ2) is 5.91. The molecule has 0 unspecified atom stereocenters. The molecule has 0 aliphatic rings. The average Bonchev–Trinajstić information content (AvgIpc) is 3.10. The number of imidazole rings is 1. The fourth-order valence-electron chi connectivity index (χ4n) is 2.38. The molecule has 5 nitrogen and oxygen atoms in total. The molecule has 5 heteroatoms. The number of aryl methyl sites for hydroxylation is 2. The predicted molar refractivity (Wildman–Crippen MR) is 82.3 cm³/mol. The summed E-state index contributed by atoms with van der Waals surface area (Å²) in [5, 5.41) is 0. The number of nitrogens with zero attached hydrogens (tertiary/aromatic N) is 2. The molecule has 0 aliphatic carbocycles. The molecule has 0 atom stereocenters. The number of ether oxygens (including phenoxy) is 1. The minimum Gasteiger partial charge on any atom is -0.491 e. The molecule has 0 bridgehead atoms. The van der Waals surface area contributed by atoms with Crippen LogP contribution in [0.15, 0.2) is 41.0 Å². The van der Waals surface area contributed by atoms with Crippen molar-refractivity contribution in [3.05, 3.63) is 42.4 Å². The number of nitrogens with two attached hydrogens (primary N) is 1. The summed E-state index contributed by atoms with van der Waals surface area (Å²) in [5.74, 6) is 2.23. The van der Waals surface area contributed by atoms with Gasteiger partial charge in [-0.15, -0.1) is 0 Å². The highest BCUT2D eigenvalue weighted by atomic mass is 16.5. The summed E-state index contributed by atoms with van der Waals surface area (Å²) in [6.07, 6.45) is 3.43. The Bertz CT molecular complexity index is 717. The van der Waals surface area contributed by atoms with Crippen molar-refractivity contribution in [3.63, 3.8) is 0 Å². The van der Waals surface area contributed by atoms with Crippen LogP contribution in [0.2, 0.25) is 0 Å². The molecule has 2 aromatic heterocycles. The Morgan fingerprint density at radius 2 is 2.19 bits per heavy atom. The first-order valence-corrected chi connectivity index (χ1v) is 7.19. The van der Waals surface area contributed by atoms with Crippen molar-refractivity contribution < 1.29 is 9.15 Å². The van der Waals surface area contributed by atoms with Crippen LogP contribution in [-0.2, 0) is 13.0 Å². The number of aromatic nitrogens is 2. The van der Waals surface area contributed by atoms with E-state index in [1.807, 2.05) is 34.9 Å². The van der Waals surface area contributed by atoms with Gasteiger partial charge in [-0.2, -0.15) is 0 Å². The summed E-state index contributed by atoms with van der Waals surface area (Å²) in [6.45, 7) is 3.49. The van der Waals surface area contributed by atoms with Crippen molar-refractivity contribution in [2.24, 2.45) is 0 Å². The fourth-order valence-corrected chi connectivity index (χ4v) is 2.38. The van der Waals surface area contributed by atoms with Gasteiger partial charge in [0.1, 0.15) is 17.0 Å². The Hall–Kier alpha value is -2.43. The number of furan rings is 1. The molecule has 0 spiro atoms. The lowest BCUT2D eigenvalue weighted by Gasteiger charge is -2.07. The number of rotatable bonds is 6. The smallest absolute Gasteiger partial charge is 0.201 e. The monoisotopic (exact) mass is 285 g/mol. The molecule has 110 valence electrons. The molecular weight excluding hydrogens is 266 g/mol. The van der Waals surface area contributed by atoms with Gasteiger partial charge in [0.2, 0.25) is 5.95 Å². The zero-order valence-electron chi connectivity index (χ0n) is 12.1. The number of benzene rings is 1. The maximum absolute atomic E-state index is 6.06. The molecule has 0 saturated heterocycles. The second-order valence-electron chi connectivity index (χ2n) is 4.92. The molecule has 21 heavy (non-hydrogen) atoms. The first-order valence-electron chi connectivity index (χ1n) is 7.19. The van der Waals surface area contributed by atoms with Gasteiger partial charge in [0, 0.05) is 13.0 Å². The van der Waals surface area contributed by atoms with Crippen LogP contribution >= 0.6 is 0 Å². The topological polar surface area (TPSA) is 66.2 Å². The first-order chi connectivity index (χ1) is 10.3. The fraction of sp³-hybridized carbons (Fsp3) is 0.312. The van der Waals surface area contributed by atoms with E-state index in [-0.39, 0.29) is 0 Å². The summed E-state index contributed by atoms with van der Waals surface area (Å²) in [7, 11) is 0. The van der Waals surface area contributed by atoms with Crippen LogP contribution < -0.4 is 10.5 Å². The third-order valence-electron chi connectivity index (χ3n) is 3.40. The maximum atomic E-state index is 6.06. The molecule has 0 amide bonds. The quantitative estimate of drug-likeness (QED) is 0.755. The summed E-state index contributed by atoms with van der Waals surface area (Å²) in [5.41, 5.74) is 7.87. The van der Waals surface area contributed by atoms with Gasteiger partial charge >= 0.3 is 0 Å². The molecule has 0 fully saturated rings. The first kappa shape index (κ1) is 13.5. The summed E-state index contributed by atoms with van der Waals surface area (Å²) in [6, 6.07) is 9.77. The van der Waals surface area contributed by atoms with E-state index >= 15 is 0 Å². The van der Waals surface area contributed by atoms with Crippen LogP contribution in [0.4, 0.5) is 5.95 Å². The van der Waals surface area contributed by atoms with Crippen molar-refractivity contribution in [1.29, 1.82) is 0 Å². The largest absolute Gasteiger partial charge is 0.491 e. The standard InChI is InChI=1S/C16H19N3O2/c1-2-10-21-14-7-3-6-13-15(14)18-16(17)19(13)9-8-12-5-4-11-20-12/h3-7,11H,2,8-10H2,1H3,(H2,17,18). The zero-order valence-corrected chi connectivity index (χ0v) is 12.1. The predicted octanol–water partition coefficient (Wildman–Crippen LogP) is 3.24. The van der Waals surface area contributed by atoms with Crippen LogP contribution in [0.5, 0.6) is 5.75 Å². The Kier molecular flexibility index (Phi) is 3.81. The lowest BCUT2D eigenvalue weighted by molar-refractivity contribution is 0.320. The van der Waals surface area contributed by atoms with E-state index in [9.17, 15) is 0 Å².